The highest BCUT2D eigenvalue weighted by atomic mass is 19.2. The second kappa shape index (κ2) is 7.26. The molecule has 0 spiro atoms. The first-order valence-corrected chi connectivity index (χ1v) is 6.70. The van der Waals surface area contributed by atoms with Crippen molar-refractivity contribution in [3.63, 3.8) is 0 Å². The number of hydrogen-bond acceptors (Lipinski definition) is 4. The summed E-state index contributed by atoms with van der Waals surface area (Å²) in [5.74, 6) is -4.53. The number of amides is 1. The Morgan fingerprint density at radius 3 is 2.30 bits per heavy atom. The molecule has 0 fully saturated rings. The lowest BCUT2D eigenvalue weighted by Gasteiger charge is -2.22. The number of benzene rings is 1. The van der Waals surface area contributed by atoms with Gasteiger partial charge in [-0.25, -0.2) is 18.0 Å². The molecule has 0 bridgehead atoms. The number of hydrogen-bond donors (Lipinski definition) is 2. The van der Waals surface area contributed by atoms with Crippen molar-refractivity contribution in [2.75, 3.05) is 0 Å². The van der Waals surface area contributed by atoms with Gasteiger partial charge in [-0.05, 0) is 32.4 Å². The van der Waals surface area contributed by atoms with Crippen LogP contribution in [0, 0.1) is 22.9 Å². The van der Waals surface area contributed by atoms with Crippen molar-refractivity contribution in [1.82, 2.24) is 5.32 Å². The number of carbonyl (C=O) groups excluding carboxylic acids is 2. The molecule has 0 heterocycles. The van der Waals surface area contributed by atoms with Crippen molar-refractivity contribution < 1.29 is 27.5 Å². The van der Waals surface area contributed by atoms with E-state index < -0.39 is 47.4 Å². The Hall–Kier alpha value is -2.38. The molecule has 0 aliphatic carbocycles. The SMILES string of the molecule is CC(C)(C)OC(=O)N[C@H](Cc1cc(F)c(F)cc1F)C(=O)C=N. The summed E-state index contributed by atoms with van der Waals surface area (Å²) in [5.41, 5.74) is -1.13. The average molecular weight is 330 g/mol. The van der Waals surface area contributed by atoms with E-state index in [1.54, 1.807) is 20.8 Å². The second-order valence-electron chi connectivity index (χ2n) is 5.81. The molecule has 0 unspecified atom stereocenters. The summed E-state index contributed by atoms with van der Waals surface area (Å²) in [6.07, 6.45) is -0.947. The van der Waals surface area contributed by atoms with Crippen LogP contribution in [0.1, 0.15) is 26.3 Å². The van der Waals surface area contributed by atoms with E-state index in [2.05, 4.69) is 5.32 Å². The van der Waals surface area contributed by atoms with Gasteiger partial charge in [-0.2, -0.15) is 0 Å². The number of halogens is 3. The van der Waals surface area contributed by atoms with Crippen molar-refractivity contribution in [2.45, 2.75) is 38.8 Å². The molecule has 1 rings (SSSR count). The molecule has 0 radical (unpaired) electrons. The summed E-state index contributed by atoms with van der Waals surface area (Å²) in [5, 5.41) is 9.15. The Bertz CT molecular complexity index is 627. The summed E-state index contributed by atoms with van der Waals surface area (Å²) < 4.78 is 44.7. The van der Waals surface area contributed by atoms with Crippen molar-refractivity contribution >= 4 is 18.1 Å². The summed E-state index contributed by atoms with van der Waals surface area (Å²) in [4.78, 5) is 23.4. The van der Waals surface area contributed by atoms with Crippen LogP contribution >= 0.6 is 0 Å². The third-order valence-corrected chi connectivity index (χ3v) is 2.69. The quantitative estimate of drug-likeness (QED) is 0.643. The maximum Gasteiger partial charge on any atom is 0.408 e. The van der Waals surface area contributed by atoms with Gasteiger partial charge < -0.3 is 15.5 Å². The van der Waals surface area contributed by atoms with E-state index in [0.717, 1.165) is 0 Å². The van der Waals surface area contributed by atoms with Crippen LogP contribution < -0.4 is 5.32 Å². The molecule has 1 aromatic rings. The fraction of sp³-hybridized carbons (Fsp3) is 0.400. The van der Waals surface area contributed by atoms with Gasteiger partial charge in [0.15, 0.2) is 17.4 Å². The van der Waals surface area contributed by atoms with E-state index in [-0.39, 0.29) is 5.56 Å². The molecule has 0 aliphatic heterocycles. The van der Waals surface area contributed by atoms with E-state index >= 15 is 0 Å². The van der Waals surface area contributed by atoms with Crippen LogP contribution in [0.15, 0.2) is 12.1 Å². The molecule has 1 aromatic carbocycles. The van der Waals surface area contributed by atoms with Crippen LogP contribution in [0.3, 0.4) is 0 Å². The minimum absolute atomic E-state index is 0.305. The Morgan fingerprint density at radius 1 is 1.22 bits per heavy atom. The molecule has 1 atom stereocenters. The lowest BCUT2D eigenvalue weighted by molar-refractivity contribution is -0.114. The van der Waals surface area contributed by atoms with Gasteiger partial charge in [-0.15, -0.1) is 0 Å². The smallest absolute Gasteiger partial charge is 0.408 e. The Labute approximate surface area is 131 Å². The van der Waals surface area contributed by atoms with Crippen molar-refractivity contribution in [3.05, 3.63) is 35.1 Å². The van der Waals surface area contributed by atoms with E-state index in [0.29, 0.717) is 18.3 Å². The van der Waals surface area contributed by atoms with Crippen LogP contribution in [0.2, 0.25) is 0 Å². The number of nitrogens with one attached hydrogen (secondary N) is 2. The minimum Gasteiger partial charge on any atom is -0.444 e. The monoisotopic (exact) mass is 330 g/mol. The highest BCUT2D eigenvalue weighted by molar-refractivity contribution is 6.29. The predicted octanol–water partition coefficient (Wildman–Crippen LogP) is 2.76. The fourth-order valence-corrected chi connectivity index (χ4v) is 1.71. The van der Waals surface area contributed by atoms with Crippen LogP contribution in [-0.2, 0) is 16.0 Å². The first kappa shape index (κ1) is 18.7. The van der Waals surface area contributed by atoms with Crippen molar-refractivity contribution in [3.8, 4) is 0 Å². The molecule has 0 saturated heterocycles. The van der Waals surface area contributed by atoms with Crippen LogP contribution in [-0.4, -0.2) is 29.7 Å². The standard InChI is InChI=1S/C15H17F3N2O3/c1-15(2,3)23-14(22)20-12(13(21)7-19)5-8-4-10(17)11(18)6-9(8)16/h4,6-7,12,19H,5H2,1-3H3,(H,20,22)/t12-/m1/s1. The number of Topliss-reactive ketones (excluding diaryl/α,β-unsaturated/α-hetero) is 1. The Balaban J connectivity index is 2.96. The molecule has 126 valence electrons. The van der Waals surface area contributed by atoms with Crippen LogP contribution in [0.25, 0.3) is 0 Å². The number of rotatable bonds is 5. The molecule has 8 heteroatoms. The van der Waals surface area contributed by atoms with Gasteiger partial charge >= 0.3 is 6.09 Å². The third kappa shape index (κ3) is 5.72. The summed E-state index contributed by atoms with van der Waals surface area (Å²) in [7, 11) is 0. The first-order valence-electron chi connectivity index (χ1n) is 6.70. The molecule has 23 heavy (non-hydrogen) atoms. The summed E-state index contributed by atoms with van der Waals surface area (Å²) in [6, 6.07) is -0.378. The van der Waals surface area contributed by atoms with Gasteiger partial charge in [-0.3, -0.25) is 4.79 Å². The zero-order chi connectivity index (χ0) is 17.8. The van der Waals surface area contributed by atoms with Gasteiger partial charge in [0.25, 0.3) is 0 Å². The summed E-state index contributed by atoms with van der Waals surface area (Å²) >= 11 is 0. The highest BCUT2D eigenvalue weighted by Gasteiger charge is 2.25. The van der Waals surface area contributed by atoms with Gasteiger partial charge in [0.2, 0.25) is 0 Å². The van der Waals surface area contributed by atoms with E-state index in [1.807, 2.05) is 0 Å². The maximum absolute atomic E-state index is 13.6. The molecule has 0 saturated carbocycles. The molecular formula is C15H17F3N2O3. The van der Waals surface area contributed by atoms with E-state index in [9.17, 15) is 22.8 Å². The fourth-order valence-electron chi connectivity index (χ4n) is 1.71. The Kier molecular flexibility index (Phi) is 5.89. The third-order valence-electron chi connectivity index (χ3n) is 2.69. The molecule has 1 amide bonds. The van der Waals surface area contributed by atoms with Gasteiger partial charge in [-0.1, -0.05) is 0 Å². The number of alkyl carbamates (subject to hydrolysis) is 1. The summed E-state index contributed by atoms with van der Waals surface area (Å²) in [6.45, 7) is 4.82. The molecular weight excluding hydrogens is 313 g/mol. The first-order chi connectivity index (χ1) is 10.5. The number of carbonyl (C=O) groups is 2. The zero-order valence-corrected chi connectivity index (χ0v) is 12.9. The van der Waals surface area contributed by atoms with Crippen LogP contribution in [0.5, 0.6) is 0 Å². The van der Waals surface area contributed by atoms with Gasteiger partial charge in [0.1, 0.15) is 17.5 Å². The van der Waals surface area contributed by atoms with Crippen molar-refractivity contribution in [1.29, 1.82) is 5.41 Å². The predicted molar refractivity (Wildman–Crippen MR) is 77.0 cm³/mol. The largest absolute Gasteiger partial charge is 0.444 e. The minimum atomic E-state index is -1.36. The maximum atomic E-state index is 13.6. The van der Waals surface area contributed by atoms with E-state index in [1.165, 1.54) is 0 Å². The topological polar surface area (TPSA) is 79.2 Å². The molecule has 0 aliphatic rings. The van der Waals surface area contributed by atoms with Crippen LogP contribution in [0.4, 0.5) is 18.0 Å². The lowest BCUT2D eigenvalue weighted by Crippen LogP contribution is -2.45. The normalized spacial score (nSPS) is 12.4. The van der Waals surface area contributed by atoms with Gasteiger partial charge in [0, 0.05) is 12.5 Å². The average Bonchev–Trinajstić information content (AvgIpc) is 2.40. The highest BCUT2D eigenvalue weighted by Crippen LogP contribution is 2.16. The lowest BCUT2D eigenvalue weighted by atomic mass is 10.0. The van der Waals surface area contributed by atoms with Gasteiger partial charge in [0.05, 0.1) is 6.21 Å². The van der Waals surface area contributed by atoms with E-state index in [4.69, 9.17) is 10.1 Å². The number of ketones is 1. The Morgan fingerprint density at radius 2 is 1.78 bits per heavy atom. The molecule has 0 aromatic heterocycles. The number of ether oxygens (including phenoxy) is 1. The second-order valence-corrected chi connectivity index (χ2v) is 5.81. The molecule has 2 N–H and O–H groups in total. The van der Waals surface area contributed by atoms with Crippen molar-refractivity contribution in [2.24, 2.45) is 0 Å². The molecule has 5 nitrogen and oxygen atoms in total. The zero-order valence-electron chi connectivity index (χ0n) is 12.9.